The fourth-order valence-corrected chi connectivity index (χ4v) is 0.595. The van der Waals surface area contributed by atoms with Crippen LogP contribution in [0.2, 0.25) is 0 Å². The molecule has 0 saturated carbocycles. The number of aromatic nitrogens is 1. The smallest absolute Gasteiger partial charge is 0.286 e. The minimum absolute atomic E-state index is 0.0602. The predicted octanol–water partition coefficient (Wildman–Crippen LogP) is -0.566. The maximum atomic E-state index is 10.8. The van der Waals surface area contributed by atoms with Crippen LogP contribution in [0.1, 0.15) is 5.56 Å². The van der Waals surface area contributed by atoms with Crippen LogP contribution in [0.4, 0.5) is 0 Å². The van der Waals surface area contributed by atoms with Crippen LogP contribution in [0, 0.1) is 11.3 Å². The highest BCUT2D eigenvalue weighted by Gasteiger charge is 1.96. The number of hydrogen-bond acceptors (Lipinski definition) is 3. The third-order valence-corrected chi connectivity index (χ3v) is 1.09. The summed E-state index contributed by atoms with van der Waals surface area (Å²) >= 11 is 0. The largest absolute Gasteiger partial charge is 0.336 e. The lowest BCUT2D eigenvalue weighted by atomic mass is 10.3. The third-order valence-electron chi connectivity index (χ3n) is 1.09. The summed E-state index contributed by atoms with van der Waals surface area (Å²) in [5, 5.41) is 8.32. The molecule has 0 aromatic carbocycles. The van der Waals surface area contributed by atoms with Crippen molar-refractivity contribution >= 4 is 0 Å². The molecule has 0 fully saturated rings. The SMILES string of the molecule is N#Cc1cccn(N)c1=O. The number of rotatable bonds is 0. The average Bonchev–Trinajstić information content (AvgIpc) is 1.95. The molecule has 0 bridgehead atoms. The van der Waals surface area contributed by atoms with E-state index in [0.717, 1.165) is 4.68 Å². The Labute approximate surface area is 57.1 Å². The van der Waals surface area contributed by atoms with Crippen molar-refractivity contribution in [3.05, 3.63) is 34.2 Å². The lowest BCUT2D eigenvalue weighted by Crippen LogP contribution is -2.27. The van der Waals surface area contributed by atoms with Crippen LogP contribution in [0.25, 0.3) is 0 Å². The molecule has 0 aliphatic carbocycles. The van der Waals surface area contributed by atoms with Crippen LogP contribution in [0.15, 0.2) is 23.1 Å². The summed E-state index contributed by atoms with van der Waals surface area (Å²) in [6.07, 6.45) is 1.39. The molecule has 4 nitrogen and oxygen atoms in total. The number of pyridine rings is 1. The highest BCUT2D eigenvalue weighted by Crippen LogP contribution is 1.84. The highest BCUT2D eigenvalue weighted by atomic mass is 16.1. The van der Waals surface area contributed by atoms with E-state index in [2.05, 4.69) is 0 Å². The number of nitrogens with zero attached hydrogens (tertiary/aromatic N) is 2. The van der Waals surface area contributed by atoms with Gasteiger partial charge in [-0.15, -0.1) is 0 Å². The molecule has 1 aromatic rings. The quantitative estimate of drug-likeness (QED) is 0.484. The van der Waals surface area contributed by atoms with Gasteiger partial charge in [0.25, 0.3) is 5.56 Å². The molecular formula is C6H5N3O. The van der Waals surface area contributed by atoms with Gasteiger partial charge < -0.3 is 5.84 Å². The molecule has 0 aliphatic heterocycles. The first-order valence-corrected chi connectivity index (χ1v) is 2.62. The maximum absolute atomic E-state index is 10.8. The second kappa shape index (κ2) is 2.23. The molecule has 0 saturated heterocycles. The van der Waals surface area contributed by atoms with Crippen LogP contribution in [-0.4, -0.2) is 4.68 Å². The molecule has 4 heteroatoms. The van der Waals surface area contributed by atoms with Crippen LogP contribution >= 0.6 is 0 Å². The van der Waals surface area contributed by atoms with Gasteiger partial charge in [0.2, 0.25) is 0 Å². The zero-order valence-electron chi connectivity index (χ0n) is 5.11. The van der Waals surface area contributed by atoms with Crippen LogP contribution in [0.3, 0.4) is 0 Å². The summed E-state index contributed by atoms with van der Waals surface area (Å²) in [5.41, 5.74) is -0.407. The van der Waals surface area contributed by atoms with Gasteiger partial charge in [-0.1, -0.05) is 0 Å². The van der Waals surface area contributed by atoms with Gasteiger partial charge in [-0.2, -0.15) is 5.26 Å². The maximum Gasteiger partial charge on any atom is 0.286 e. The molecule has 10 heavy (non-hydrogen) atoms. The average molecular weight is 135 g/mol. The van der Waals surface area contributed by atoms with Gasteiger partial charge in [0.1, 0.15) is 11.6 Å². The van der Waals surface area contributed by atoms with Crippen molar-refractivity contribution in [1.29, 1.82) is 5.26 Å². The Kier molecular flexibility index (Phi) is 1.42. The summed E-state index contributed by atoms with van der Waals surface area (Å²) in [7, 11) is 0. The van der Waals surface area contributed by atoms with Crippen molar-refractivity contribution in [2.45, 2.75) is 0 Å². The van der Waals surface area contributed by atoms with E-state index in [-0.39, 0.29) is 5.56 Å². The summed E-state index contributed by atoms with van der Waals surface area (Å²) in [6.45, 7) is 0. The summed E-state index contributed by atoms with van der Waals surface area (Å²) < 4.78 is 0.874. The topological polar surface area (TPSA) is 71.8 Å². The van der Waals surface area contributed by atoms with Crippen molar-refractivity contribution in [3.63, 3.8) is 0 Å². The second-order valence-electron chi connectivity index (χ2n) is 1.75. The van der Waals surface area contributed by atoms with E-state index in [1.165, 1.54) is 12.3 Å². The Morgan fingerprint density at radius 2 is 2.40 bits per heavy atom. The molecule has 0 amide bonds. The first-order chi connectivity index (χ1) is 4.75. The lowest BCUT2D eigenvalue weighted by Gasteiger charge is -1.93. The number of nitrogen functional groups attached to an aromatic ring is 1. The monoisotopic (exact) mass is 135 g/mol. The Morgan fingerprint density at radius 1 is 1.70 bits per heavy atom. The van der Waals surface area contributed by atoms with Crippen molar-refractivity contribution < 1.29 is 0 Å². The standard InChI is InChI=1S/C6H5N3O/c7-4-5-2-1-3-9(8)6(5)10/h1-3H,8H2. The zero-order valence-corrected chi connectivity index (χ0v) is 5.11. The Hall–Kier alpha value is -1.76. The molecule has 2 N–H and O–H groups in total. The van der Waals surface area contributed by atoms with E-state index >= 15 is 0 Å². The molecular weight excluding hydrogens is 130 g/mol. The van der Waals surface area contributed by atoms with E-state index in [0.29, 0.717) is 0 Å². The Morgan fingerprint density at radius 3 is 2.90 bits per heavy atom. The fraction of sp³-hybridized carbons (Fsp3) is 0. The third kappa shape index (κ3) is 0.845. The zero-order chi connectivity index (χ0) is 7.56. The lowest BCUT2D eigenvalue weighted by molar-refractivity contribution is 0.930. The van der Waals surface area contributed by atoms with Crippen LogP contribution < -0.4 is 11.4 Å². The van der Waals surface area contributed by atoms with Crippen molar-refractivity contribution in [3.8, 4) is 6.07 Å². The fourth-order valence-electron chi connectivity index (χ4n) is 0.595. The molecule has 1 aromatic heterocycles. The number of hydrogen-bond donors (Lipinski definition) is 1. The number of nitriles is 1. The second-order valence-corrected chi connectivity index (χ2v) is 1.75. The molecule has 1 heterocycles. The predicted molar refractivity (Wildman–Crippen MR) is 35.6 cm³/mol. The van der Waals surface area contributed by atoms with E-state index in [1.807, 2.05) is 0 Å². The summed E-state index contributed by atoms with van der Waals surface area (Å²) in [6, 6.07) is 4.69. The van der Waals surface area contributed by atoms with Crippen molar-refractivity contribution in [1.82, 2.24) is 4.68 Å². The minimum Gasteiger partial charge on any atom is -0.336 e. The van der Waals surface area contributed by atoms with Crippen LogP contribution in [-0.2, 0) is 0 Å². The van der Waals surface area contributed by atoms with Gasteiger partial charge in [0.05, 0.1) is 0 Å². The summed E-state index contributed by atoms with van der Waals surface area (Å²) in [4.78, 5) is 10.8. The molecule has 50 valence electrons. The van der Waals surface area contributed by atoms with E-state index < -0.39 is 5.56 Å². The molecule has 0 atom stereocenters. The Balaban J connectivity index is 3.47. The van der Waals surface area contributed by atoms with E-state index in [1.54, 1.807) is 12.1 Å². The van der Waals surface area contributed by atoms with Gasteiger partial charge in [0, 0.05) is 6.20 Å². The molecule has 1 rings (SSSR count). The minimum atomic E-state index is -0.468. The van der Waals surface area contributed by atoms with Gasteiger partial charge in [-0.3, -0.25) is 4.79 Å². The Bertz CT molecular complexity index is 334. The normalized spacial score (nSPS) is 8.70. The molecule has 0 radical (unpaired) electrons. The number of nitrogens with two attached hydrogens (primary N) is 1. The van der Waals surface area contributed by atoms with Gasteiger partial charge >= 0.3 is 0 Å². The van der Waals surface area contributed by atoms with Crippen molar-refractivity contribution in [2.75, 3.05) is 5.84 Å². The highest BCUT2D eigenvalue weighted by molar-refractivity contribution is 5.24. The van der Waals surface area contributed by atoms with Gasteiger partial charge in [-0.25, -0.2) is 4.68 Å². The molecule has 0 aliphatic rings. The summed E-state index contributed by atoms with van der Waals surface area (Å²) in [5.74, 6) is 5.15. The van der Waals surface area contributed by atoms with E-state index in [9.17, 15) is 4.79 Å². The van der Waals surface area contributed by atoms with Crippen LogP contribution in [0.5, 0.6) is 0 Å². The van der Waals surface area contributed by atoms with Gasteiger partial charge in [0.15, 0.2) is 0 Å². The molecule has 0 spiro atoms. The molecule has 0 unspecified atom stereocenters. The first-order valence-electron chi connectivity index (χ1n) is 2.62. The van der Waals surface area contributed by atoms with E-state index in [4.69, 9.17) is 11.1 Å². The first kappa shape index (κ1) is 6.36. The van der Waals surface area contributed by atoms with Gasteiger partial charge in [-0.05, 0) is 12.1 Å². The van der Waals surface area contributed by atoms with Crippen molar-refractivity contribution in [2.24, 2.45) is 0 Å².